The van der Waals surface area contributed by atoms with Gasteiger partial charge in [-0.15, -0.1) is 0 Å². The van der Waals surface area contributed by atoms with Crippen molar-refractivity contribution in [1.82, 2.24) is 29.7 Å². The lowest BCUT2D eigenvalue weighted by atomic mass is 10.1. The van der Waals surface area contributed by atoms with Crippen molar-refractivity contribution in [2.75, 3.05) is 39.4 Å². The van der Waals surface area contributed by atoms with Gasteiger partial charge < -0.3 is 19.6 Å². The second-order valence-corrected chi connectivity index (χ2v) is 8.77. The van der Waals surface area contributed by atoms with Crippen LogP contribution in [0, 0.1) is 13.8 Å². The normalized spacial score (nSPS) is 15.0. The fourth-order valence-corrected chi connectivity index (χ4v) is 4.40. The highest BCUT2D eigenvalue weighted by atomic mass is 16.5. The highest BCUT2D eigenvalue weighted by Crippen LogP contribution is 2.22. The number of hydrogen-bond acceptors (Lipinski definition) is 5. The van der Waals surface area contributed by atoms with Crippen molar-refractivity contribution in [2.45, 2.75) is 20.4 Å². The minimum absolute atomic E-state index is 0.0853. The Kier molecular flexibility index (Phi) is 6.42. The number of imidazole rings is 1. The average molecular weight is 459 g/mol. The van der Waals surface area contributed by atoms with Gasteiger partial charge in [0.2, 0.25) is 5.91 Å². The molecule has 0 atom stereocenters. The van der Waals surface area contributed by atoms with Crippen LogP contribution in [-0.4, -0.2) is 69.7 Å². The van der Waals surface area contributed by atoms with Gasteiger partial charge in [-0.2, -0.15) is 0 Å². The number of amides is 1. The third-order valence-corrected chi connectivity index (χ3v) is 6.32. The van der Waals surface area contributed by atoms with Gasteiger partial charge in [-0.05, 0) is 55.3 Å². The number of aromatic nitrogens is 4. The summed E-state index contributed by atoms with van der Waals surface area (Å²) >= 11 is 0. The first-order valence-corrected chi connectivity index (χ1v) is 11.7. The molecule has 1 aliphatic rings. The average Bonchev–Trinajstić information content (AvgIpc) is 3.39. The largest absolute Gasteiger partial charge is 0.379 e. The van der Waals surface area contributed by atoms with E-state index in [0.29, 0.717) is 13.1 Å². The summed E-state index contributed by atoms with van der Waals surface area (Å²) in [6.07, 6.45) is 5.24. The molecule has 0 spiro atoms. The number of hydrogen-bond donors (Lipinski definition) is 2. The lowest BCUT2D eigenvalue weighted by Crippen LogP contribution is -2.41. The number of nitrogens with zero attached hydrogens (tertiary/aromatic N) is 4. The standard InChI is InChI=1S/C26H30N6O2/c1-18-7-8-28-26-25(18)29-19(2)32(26)17-20-3-5-23-21(15-20)16-22(30-23)4-6-24(33)27-9-10-31-11-13-34-14-12-31/h3-8,15-16,30H,9-14,17H2,1-2H3,(H,27,33). The number of pyridine rings is 1. The van der Waals surface area contributed by atoms with Crippen LogP contribution in [0.15, 0.2) is 42.6 Å². The quantitative estimate of drug-likeness (QED) is 0.416. The van der Waals surface area contributed by atoms with Gasteiger partial charge in [0.05, 0.1) is 19.8 Å². The maximum absolute atomic E-state index is 12.2. The van der Waals surface area contributed by atoms with E-state index in [9.17, 15) is 4.79 Å². The second-order valence-electron chi connectivity index (χ2n) is 8.77. The van der Waals surface area contributed by atoms with Gasteiger partial charge in [0.15, 0.2) is 5.65 Å². The van der Waals surface area contributed by atoms with Crippen LogP contribution < -0.4 is 5.32 Å². The SMILES string of the molecule is Cc1ccnc2c1nc(C)n2Cc1ccc2[nH]c(C=CC(=O)NCCN3CCOCC3)cc2c1. The molecule has 2 N–H and O–H groups in total. The van der Waals surface area contributed by atoms with Crippen molar-refractivity contribution >= 4 is 34.1 Å². The van der Waals surface area contributed by atoms with E-state index in [2.05, 4.69) is 55.9 Å². The Hall–Kier alpha value is -3.49. The Morgan fingerprint density at radius 1 is 1.21 bits per heavy atom. The minimum Gasteiger partial charge on any atom is -0.379 e. The zero-order valence-electron chi connectivity index (χ0n) is 19.7. The van der Waals surface area contributed by atoms with E-state index in [-0.39, 0.29) is 5.91 Å². The Labute approximate surface area is 198 Å². The van der Waals surface area contributed by atoms with E-state index in [1.807, 2.05) is 25.3 Å². The summed E-state index contributed by atoms with van der Waals surface area (Å²) in [6.45, 7) is 9.66. The molecule has 34 heavy (non-hydrogen) atoms. The van der Waals surface area contributed by atoms with E-state index in [1.54, 1.807) is 6.08 Å². The monoisotopic (exact) mass is 458 g/mol. The van der Waals surface area contributed by atoms with Crippen molar-refractivity contribution in [3.05, 3.63) is 65.2 Å². The number of aryl methyl sites for hydroxylation is 2. The molecule has 5 rings (SSSR count). The number of H-pyrrole nitrogens is 1. The van der Waals surface area contributed by atoms with Gasteiger partial charge in [-0.1, -0.05) is 6.07 Å². The smallest absolute Gasteiger partial charge is 0.244 e. The summed E-state index contributed by atoms with van der Waals surface area (Å²) in [5, 5.41) is 4.06. The van der Waals surface area contributed by atoms with E-state index in [1.165, 1.54) is 5.56 Å². The summed E-state index contributed by atoms with van der Waals surface area (Å²) in [5.41, 5.74) is 6.12. The van der Waals surface area contributed by atoms with Gasteiger partial charge in [0, 0.05) is 55.0 Å². The molecule has 4 heterocycles. The molecule has 1 amide bonds. The fraction of sp³-hybridized carbons (Fsp3) is 0.346. The molecule has 0 radical (unpaired) electrons. The number of morpholine rings is 1. The van der Waals surface area contributed by atoms with Gasteiger partial charge in [0.25, 0.3) is 0 Å². The highest BCUT2D eigenvalue weighted by Gasteiger charge is 2.12. The van der Waals surface area contributed by atoms with Crippen LogP contribution in [0.5, 0.6) is 0 Å². The lowest BCUT2D eigenvalue weighted by Gasteiger charge is -2.26. The second kappa shape index (κ2) is 9.79. The molecule has 1 aromatic carbocycles. The van der Waals surface area contributed by atoms with Crippen molar-refractivity contribution < 1.29 is 9.53 Å². The number of ether oxygens (including phenoxy) is 1. The molecule has 0 bridgehead atoms. The predicted octanol–water partition coefficient (Wildman–Crippen LogP) is 3.04. The molecule has 1 saturated heterocycles. The third kappa shape index (κ3) is 4.88. The first kappa shape index (κ1) is 22.3. The maximum atomic E-state index is 12.2. The number of rotatable bonds is 7. The van der Waals surface area contributed by atoms with Gasteiger partial charge >= 0.3 is 0 Å². The van der Waals surface area contributed by atoms with E-state index in [0.717, 1.165) is 72.0 Å². The molecule has 1 aliphatic heterocycles. The summed E-state index contributed by atoms with van der Waals surface area (Å²) in [7, 11) is 0. The first-order valence-electron chi connectivity index (χ1n) is 11.7. The number of fused-ring (bicyclic) bond motifs is 2. The summed E-state index contributed by atoms with van der Waals surface area (Å²) in [4.78, 5) is 27.1. The Morgan fingerprint density at radius 2 is 2.06 bits per heavy atom. The molecule has 4 aromatic rings. The van der Waals surface area contributed by atoms with Gasteiger partial charge in [0.1, 0.15) is 11.3 Å². The zero-order valence-corrected chi connectivity index (χ0v) is 19.7. The predicted molar refractivity (Wildman–Crippen MR) is 134 cm³/mol. The lowest BCUT2D eigenvalue weighted by molar-refractivity contribution is -0.116. The van der Waals surface area contributed by atoms with Crippen LogP contribution in [0.2, 0.25) is 0 Å². The molecule has 0 unspecified atom stereocenters. The summed E-state index contributed by atoms with van der Waals surface area (Å²) < 4.78 is 7.50. The molecule has 1 fully saturated rings. The minimum atomic E-state index is -0.0853. The fourth-order valence-electron chi connectivity index (χ4n) is 4.40. The van der Waals surface area contributed by atoms with Crippen LogP contribution in [0.1, 0.15) is 22.6 Å². The van der Waals surface area contributed by atoms with Crippen LogP contribution in [0.3, 0.4) is 0 Å². The van der Waals surface area contributed by atoms with Crippen molar-refractivity contribution in [3.8, 4) is 0 Å². The van der Waals surface area contributed by atoms with Crippen molar-refractivity contribution in [3.63, 3.8) is 0 Å². The van der Waals surface area contributed by atoms with Crippen LogP contribution in [0.25, 0.3) is 28.1 Å². The van der Waals surface area contributed by atoms with Crippen molar-refractivity contribution in [1.29, 1.82) is 0 Å². The summed E-state index contributed by atoms with van der Waals surface area (Å²) in [6, 6.07) is 10.4. The number of aromatic amines is 1. The van der Waals surface area contributed by atoms with Crippen LogP contribution in [0.4, 0.5) is 0 Å². The van der Waals surface area contributed by atoms with Crippen LogP contribution >= 0.6 is 0 Å². The maximum Gasteiger partial charge on any atom is 0.244 e. The highest BCUT2D eigenvalue weighted by molar-refractivity contribution is 5.92. The molecular weight excluding hydrogens is 428 g/mol. The van der Waals surface area contributed by atoms with Crippen molar-refractivity contribution in [2.24, 2.45) is 0 Å². The summed E-state index contributed by atoms with van der Waals surface area (Å²) in [5.74, 6) is 0.868. The molecule has 8 heteroatoms. The zero-order chi connectivity index (χ0) is 23.5. The van der Waals surface area contributed by atoms with Crippen LogP contribution in [-0.2, 0) is 16.1 Å². The Balaban J connectivity index is 1.24. The topological polar surface area (TPSA) is 88.1 Å². The number of nitrogens with one attached hydrogen (secondary N) is 2. The van der Waals surface area contributed by atoms with Gasteiger partial charge in [-0.3, -0.25) is 9.69 Å². The molecule has 176 valence electrons. The molecular formula is C26H30N6O2. The van der Waals surface area contributed by atoms with E-state index < -0.39 is 0 Å². The third-order valence-electron chi connectivity index (χ3n) is 6.32. The van der Waals surface area contributed by atoms with E-state index in [4.69, 9.17) is 9.72 Å². The molecule has 0 aliphatic carbocycles. The number of benzene rings is 1. The Morgan fingerprint density at radius 3 is 2.91 bits per heavy atom. The number of carbonyl (C=O) groups is 1. The molecule has 8 nitrogen and oxygen atoms in total. The number of carbonyl (C=O) groups excluding carboxylic acids is 1. The van der Waals surface area contributed by atoms with E-state index >= 15 is 0 Å². The van der Waals surface area contributed by atoms with Gasteiger partial charge in [-0.25, -0.2) is 9.97 Å². The Bertz CT molecular complexity index is 1350. The first-order chi connectivity index (χ1) is 16.6. The molecule has 3 aromatic heterocycles. The molecule has 0 saturated carbocycles.